The molecule has 0 bridgehead atoms. The third-order valence-electron chi connectivity index (χ3n) is 3.91. The second-order valence-electron chi connectivity index (χ2n) is 5.17. The van der Waals surface area contributed by atoms with E-state index in [9.17, 15) is 8.42 Å². The number of allylic oxidation sites excluding steroid dienone is 1. The second kappa shape index (κ2) is 5.06. The zero-order valence-corrected chi connectivity index (χ0v) is 12.1. The lowest BCUT2D eigenvalue weighted by Gasteiger charge is -2.39. The van der Waals surface area contributed by atoms with Crippen molar-refractivity contribution in [3.05, 3.63) is 11.3 Å². The molecule has 0 radical (unpaired) electrons. The number of hydrogen-bond donors (Lipinski definition) is 0. The molecule has 1 atom stereocenters. The second-order valence-corrected chi connectivity index (χ2v) is 7.89. The Kier molecular flexibility index (Phi) is 3.60. The van der Waals surface area contributed by atoms with E-state index in [1.807, 2.05) is 11.8 Å². The van der Waals surface area contributed by atoms with Crippen molar-refractivity contribution >= 4 is 21.9 Å². The predicted octanol–water partition coefficient (Wildman–Crippen LogP) is 1.59. The maximum atomic E-state index is 11.9. The lowest BCUT2D eigenvalue weighted by molar-refractivity contribution is 0.183. The van der Waals surface area contributed by atoms with Crippen molar-refractivity contribution in [3.63, 3.8) is 0 Å². The molecule has 3 aliphatic heterocycles. The number of likely N-dealkylation sites (tertiary alicyclic amines) is 1. The van der Waals surface area contributed by atoms with Gasteiger partial charge in [-0.25, -0.2) is 0 Å². The first kappa shape index (κ1) is 12.8. The van der Waals surface area contributed by atoms with Gasteiger partial charge in [0.15, 0.2) is 0 Å². The summed E-state index contributed by atoms with van der Waals surface area (Å²) in [6, 6.07) is 0.0758. The Morgan fingerprint density at radius 3 is 2.78 bits per heavy atom. The molecule has 3 aliphatic rings. The standard InChI is InChI=1S/C12H19NO3S2/c14-18(15)9-11(13-5-2-1-3-6-13)10-8-17-7-4-12(10)16-18/h11H,1-9H2. The Bertz CT molecular complexity index is 452. The van der Waals surface area contributed by atoms with Gasteiger partial charge in [-0.05, 0) is 31.5 Å². The zero-order chi connectivity index (χ0) is 12.6. The highest BCUT2D eigenvalue weighted by Crippen LogP contribution is 2.35. The maximum absolute atomic E-state index is 11.9. The Morgan fingerprint density at radius 1 is 1.22 bits per heavy atom. The molecule has 1 saturated heterocycles. The van der Waals surface area contributed by atoms with Gasteiger partial charge in [0.2, 0.25) is 0 Å². The first-order valence-corrected chi connectivity index (χ1v) is 9.35. The van der Waals surface area contributed by atoms with Crippen LogP contribution >= 0.6 is 11.8 Å². The summed E-state index contributed by atoms with van der Waals surface area (Å²) >= 11 is 1.89. The number of hydrogen-bond acceptors (Lipinski definition) is 5. The highest BCUT2D eigenvalue weighted by Gasteiger charge is 2.38. The fourth-order valence-electron chi connectivity index (χ4n) is 3.00. The van der Waals surface area contributed by atoms with Crippen LogP contribution in [0.2, 0.25) is 0 Å². The minimum Gasteiger partial charge on any atom is -0.387 e. The van der Waals surface area contributed by atoms with E-state index in [4.69, 9.17) is 4.18 Å². The van der Waals surface area contributed by atoms with Crippen LogP contribution in [0.3, 0.4) is 0 Å². The third kappa shape index (κ3) is 2.56. The van der Waals surface area contributed by atoms with Crippen LogP contribution < -0.4 is 0 Å². The van der Waals surface area contributed by atoms with Gasteiger partial charge in [-0.3, -0.25) is 4.90 Å². The number of rotatable bonds is 1. The highest BCUT2D eigenvalue weighted by atomic mass is 32.2. The van der Waals surface area contributed by atoms with Gasteiger partial charge in [-0.2, -0.15) is 20.2 Å². The molecule has 0 aliphatic carbocycles. The summed E-state index contributed by atoms with van der Waals surface area (Å²) in [6.07, 6.45) is 4.41. The van der Waals surface area contributed by atoms with E-state index < -0.39 is 10.1 Å². The predicted molar refractivity (Wildman–Crippen MR) is 73.1 cm³/mol. The van der Waals surface area contributed by atoms with Crippen LogP contribution in [0.1, 0.15) is 25.7 Å². The van der Waals surface area contributed by atoms with Crippen molar-refractivity contribution in [1.82, 2.24) is 4.90 Å². The molecule has 6 heteroatoms. The molecular formula is C12H19NO3S2. The SMILES string of the molecule is O=S1(=O)CC(N2CCCCC2)C2=C(CCSC2)O1. The summed E-state index contributed by atoms with van der Waals surface area (Å²) in [5.41, 5.74) is 1.24. The van der Waals surface area contributed by atoms with Crippen LogP contribution in [-0.2, 0) is 14.3 Å². The minimum absolute atomic E-state index is 0.0758. The summed E-state index contributed by atoms with van der Waals surface area (Å²) in [5, 5.41) is 0. The van der Waals surface area contributed by atoms with Crippen LogP contribution in [0.15, 0.2) is 11.3 Å². The fourth-order valence-corrected chi connectivity index (χ4v) is 5.41. The van der Waals surface area contributed by atoms with Crippen molar-refractivity contribution in [2.45, 2.75) is 31.7 Å². The van der Waals surface area contributed by atoms with Crippen molar-refractivity contribution in [3.8, 4) is 0 Å². The van der Waals surface area contributed by atoms with Crippen molar-refractivity contribution in [1.29, 1.82) is 0 Å². The van der Waals surface area contributed by atoms with E-state index >= 15 is 0 Å². The maximum Gasteiger partial charge on any atom is 0.310 e. The summed E-state index contributed by atoms with van der Waals surface area (Å²) in [7, 11) is -3.36. The van der Waals surface area contributed by atoms with Crippen LogP contribution in [0.5, 0.6) is 0 Å². The van der Waals surface area contributed by atoms with Crippen molar-refractivity contribution < 1.29 is 12.6 Å². The van der Waals surface area contributed by atoms with Crippen LogP contribution in [-0.4, -0.2) is 49.7 Å². The molecule has 1 fully saturated rings. The lowest BCUT2D eigenvalue weighted by atomic mass is 10.0. The summed E-state index contributed by atoms with van der Waals surface area (Å²) in [5.74, 6) is 2.80. The third-order valence-corrected chi connectivity index (χ3v) is 6.10. The van der Waals surface area contributed by atoms with E-state index in [0.717, 1.165) is 36.8 Å². The average molecular weight is 289 g/mol. The van der Waals surface area contributed by atoms with Crippen LogP contribution in [0.25, 0.3) is 0 Å². The summed E-state index contributed by atoms with van der Waals surface area (Å²) in [6.45, 7) is 2.06. The van der Waals surface area contributed by atoms with Gasteiger partial charge in [-0.15, -0.1) is 0 Å². The lowest BCUT2D eigenvalue weighted by Crippen LogP contribution is -2.48. The molecule has 3 heterocycles. The minimum atomic E-state index is -3.36. The fraction of sp³-hybridized carbons (Fsp3) is 0.833. The summed E-state index contributed by atoms with van der Waals surface area (Å²) < 4.78 is 28.9. The molecule has 0 aromatic carbocycles. The van der Waals surface area contributed by atoms with E-state index in [-0.39, 0.29) is 11.8 Å². The average Bonchev–Trinajstić information content (AvgIpc) is 2.38. The highest BCUT2D eigenvalue weighted by molar-refractivity contribution is 7.99. The van der Waals surface area contributed by atoms with E-state index in [0.29, 0.717) is 0 Å². The topological polar surface area (TPSA) is 46.6 Å². The molecule has 0 N–H and O–H groups in total. The molecule has 0 aromatic heterocycles. The smallest absolute Gasteiger partial charge is 0.310 e. The molecule has 102 valence electrons. The monoisotopic (exact) mass is 289 g/mol. The van der Waals surface area contributed by atoms with Crippen molar-refractivity contribution in [2.75, 3.05) is 30.3 Å². The van der Waals surface area contributed by atoms with Gasteiger partial charge in [0.1, 0.15) is 11.5 Å². The van der Waals surface area contributed by atoms with Gasteiger partial charge >= 0.3 is 10.1 Å². The van der Waals surface area contributed by atoms with Gasteiger partial charge in [-0.1, -0.05) is 6.42 Å². The Labute approximate surface area is 113 Å². The number of nitrogens with zero attached hydrogens (tertiary/aromatic N) is 1. The van der Waals surface area contributed by atoms with Crippen LogP contribution in [0.4, 0.5) is 0 Å². The van der Waals surface area contributed by atoms with Crippen LogP contribution in [0, 0.1) is 0 Å². The van der Waals surface area contributed by atoms with Crippen molar-refractivity contribution in [2.24, 2.45) is 0 Å². The quantitative estimate of drug-likeness (QED) is 0.686. The molecule has 0 spiro atoms. The molecule has 1 unspecified atom stereocenters. The molecule has 0 saturated carbocycles. The number of thioether (sulfide) groups is 1. The molecule has 3 rings (SSSR count). The van der Waals surface area contributed by atoms with Gasteiger partial charge < -0.3 is 4.18 Å². The first-order valence-electron chi connectivity index (χ1n) is 6.61. The Morgan fingerprint density at radius 2 is 2.00 bits per heavy atom. The number of piperidine rings is 1. The van der Waals surface area contributed by atoms with Gasteiger partial charge in [0.05, 0.1) is 6.04 Å². The molecular weight excluding hydrogens is 270 g/mol. The van der Waals surface area contributed by atoms with E-state index in [1.54, 1.807) is 0 Å². The van der Waals surface area contributed by atoms with E-state index in [1.165, 1.54) is 24.8 Å². The zero-order valence-electron chi connectivity index (χ0n) is 10.4. The Balaban J connectivity index is 1.90. The molecule has 0 amide bonds. The summed E-state index contributed by atoms with van der Waals surface area (Å²) in [4.78, 5) is 2.35. The van der Waals surface area contributed by atoms with Gasteiger partial charge in [0.25, 0.3) is 0 Å². The molecule has 0 aromatic rings. The van der Waals surface area contributed by atoms with E-state index in [2.05, 4.69) is 4.90 Å². The van der Waals surface area contributed by atoms with Gasteiger partial charge in [0, 0.05) is 17.9 Å². The molecule has 18 heavy (non-hydrogen) atoms. The first-order chi connectivity index (χ1) is 8.66. The Hall–Kier alpha value is -0.200. The largest absolute Gasteiger partial charge is 0.387 e. The normalized spacial score (nSPS) is 32.8. The molecule has 4 nitrogen and oxygen atoms in total.